The highest BCUT2D eigenvalue weighted by atomic mass is 16.6. The fraction of sp³-hybridized carbons (Fsp3) is 0.692. The van der Waals surface area contributed by atoms with Gasteiger partial charge < -0.3 is 14.6 Å². The van der Waals surface area contributed by atoms with Crippen molar-refractivity contribution in [2.24, 2.45) is 0 Å². The van der Waals surface area contributed by atoms with Crippen LogP contribution in [0.1, 0.15) is 155 Å². The molecule has 1 atom stereocenters. The van der Waals surface area contributed by atoms with Crippen LogP contribution in [-0.4, -0.2) is 36.4 Å². The Bertz CT molecular complexity index is 792. The Hall–Kier alpha value is -2.40. The van der Waals surface area contributed by atoms with Gasteiger partial charge in [0.15, 0.2) is 0 Å². The number of ether oxygens (including phenoxy) is 2. The number of aliphatic hydroxyl groups is 1. The molecule has 5 heteroatoms. The molecule has 0 aromatic rings. The molecular weight excluding hydrogens is 548 g/mol. The first-order chi connectivity index (χ1) is 21.6. The molecule has 44 heavy (non-hydrogen) atoms. The van der Waals surface area contributed by atoms with Gasteiger partial charge in [0.25, 0.3) is 0 Å². The summed E-state index contributed by atoms with van der Waals surface area (Å²) in [6.07, 6.45) is 44.1. The van der Waals surface area contributed by atoms with Gasteiger partial charge in [-0.25, -0.2) is 0 Å². The lowest BCUT2D eigenvalue weighted by molar-refractivity contribution is -0.152. The SMILES string of the molecule is CC/C=C\C/C=C\C/C=C\C/C=C\CCCCCCC(=O)OC[C@H](O)COC(=O)CCCCC/C=C\CCCCCCCC. The van der Waals surface area contributed by atoms with Crippen LogP contribution in [0, 0.1) is 0 Å². The van der Waals surface area contributed by atoms with E-state index in [1.807, 2.05) is 0 Å². The van der Waals surface area contributed by atoms with Gasteiger partial charge in [-0.05, 0) is 77.0 Å². The third-order valence-corrected chi connectivity index (χ3v) is 7.24. The monoisotopic (exact) mass is 614 g/mol. The molecule has 0 fully saturated rings. The van der Waals surface area contributed by atoms with Gasteiger partial charge in [0.2, 0.25) is 0 Å². The Kier molecular flexibility index (Phi) is 33.2. The molecule has 0 aliphatic carbocycles. The minimum Gasteiger partial charge on any atom is -0.463 e. The van der Waals surface area contributed by atoms with Crippen LogP contribution in [0.15, 0.2) is 60.8 Å². The van der Waals surface area contributed by atoms with E-state index < -0.39 is 6.10 Å². The van der Waals surface area contributed by atoms with Crippen LogP contribution < -0.4 is 0 Å². The molecule has 0 bridgehead atoms. The van der Waals surface area contributed by atoms with Crippen LogP contribution >= 0.6 is 0 Å². The summed E-state index contributed by atoms with van der Waals surface area (Å²) in [7, 11) is 0. The molecule has 0 saturated carbocycles. The molecular formula is C39H66O5. The van der Waals surface area contributed by atoms with Crippen LogP contribution in [0.2, 0.25) is 0 Å². The fourth-order valence-corrected chi connectivity index (χ4v) is 4.54. The molecule has 0 rings (SSSR count). The van der Waals surface area contributed by atoms with Gasteiger partial charge in [-0.3, -0.25) is 9.59 Å². The zero-order valence-corrected chi connectivity index (χ0v) is 28.4. The molecule has 0 aromatic carbocycles. The number of carbonyl (C=O) groups is 2. The second-order valence-corrected chi connectivity index (χ2v) is 11.6. The maximum Gasteiger partial charge on any atom is 0.305 e. The summed E-state index contributed by atoms with van der Waals surface area (Å²) in [5, 5.41) is 9.97. The van der Waals surface area contributed by atoms with Crippen molar-refractivity contribution in [3.8, 4) is 0 Å². The van der Waals surface area contributed by atoms with Crippen molar-refractivity contribution >= 4 is 11.9 Å². The van der Waals surface area contributed by atoms with Crippen LogP contribution in [0.25, 0.3) is 0 Å². The molecule has 1 N–H and O–H groups in total. The Balaban J connectivity index is 3.54. The van der Waals surface area contributed by atoms with E-state index in [9.17, 15) is 14.7 Å². The number of esters is 2. The van der Waals surface area contributed by atoms with E-state index in [1.165, 1.54) is 44.9 Å². The molecule has 5 nitrogen and oxygen atoms in total. The lowest BCUT2D eigenvalue weighted by Crippen LogP contribution is -2.25. The number of hydrogen-bond acceptors (Lipinski definition) is 5. The molecule has 0 aromatic heterocycles. The highest BCUT2D eigenvalue weighted by Crippen LogP contribution is 2.10. The van der Waals surface area contributed by atoms with E-state index in [0.29, 0.717) is 12.8 Å². The fourth-order valence-electron chi connectivity index (χ4n) is 4.54. The predicted octanol–water partition coefficient (Wildman–Crippen LogP) is 10.8. The standard InChI is InChI=1S/C39H66O5/c1-3-5-7-9-11-13-15-17-18-19-20-22-24-26-28-30-32-34-39(42)44-36-37(40)35-43-38(41)33-31-29-27-25-23-21-16-14-12-10-8-6-4-2/h5,7,11,13,17-18,20-23,37,40H,3-4,6,8-10,12,14-16,19,24-36H2,1-2H3/b7-5-,13-11-,18-17-,22-20-,23-21-/t37-/m1/s1. The maximum absolute atomic E-state index is 11.9. The second-order valence-electron chi connectivity index (χ2n) is 11.6. The first-order valence-electron chi connectivity index (χ1n) is 17.8. The molecule has 0 aliphatic rings. The maximum atomic E-state index is 11.9. The normalized spacial score (nSPS) is 12.9. The lowest BCUT2D eigenvalue weighted by atomic mass is 10.1. The van der Waals surface area contributed by atoms with Crippen LogP contribution in [0.4, 0.5) is 0 Å². The van der Waals surface area contributed by atoms with Crippen molar-refractivity contribution in [2.45, 2.75) is 161 Å². The zero-order valence-electron chi connectivity index (χ0n) is 28.4. The van der Waals surface area contributed by atoms with E-state index >= 15 is 0 Å². The minimum atomic E-state index is -0.981. The molecule has 0 unspecified atom stereocenters. The van der Waals surface area contributed by atoms with Gasteiger partial charge in [-0.2, -0.15) is 0 Å². The Morgan fingerprint density at radius 1 is 0.500 bits per heavy atom. The van der Waals surface area contributed by atoms with E-state index in [1.54, 1.807) is 0 Å². The van der Waals surface area contributed by atoms with Gasteiger partial charge in [0.05, 0.1) is 0 Å². The largest absolute Gasteiger partial charge is 0.463 e. The summed E-state index contributed by atoms with van der Waals surface area (Å²) >= 11 is 0. The van der Waals surface area contributed by atoms with Gasteiger partial charge in [0, 0.05) is 12.8 Å². The quantitative estimate of drug-likeness (QED) is 0.0478. The van der Waals surface area contributed by atoms with Gasteiger partial charge in [0.1, 0.15) is 19.3 Å². The summed E-state index contributed by atoms with van der Waals surface area (Å²) in [6.45, 7) is 4.12. The first kappa shape index (κ1) is 41.6. The van der Waals surface area contributed by atoms with Crippen molar-refractivity contribution in [1.29, 1.82) is 0 Å². The van der Waals surface area contributed by atoms with Crippen molar-refractivity contribution in [3.63, 3.8) is 0 Å². The van der Waals surface area contributed by atoms with Crippen molar-refractivity contribution in [1.82, 2.24) is 0 Å². The topological polar surface area (TPSA) is 72.8 Å². The van der Waals surface area contributed by atoms with E-state index in [4.69, 9.17) is 9.47 Å². The lowest BCUT2D eigenvalue weighted by Gasteiger charge is -2.12. The minimum absolute atomic E-state index is 0.134. The molecule has 252 valence electrons. The van der Waals surface area contributed by atoms with Gasteiger partial charge in [-0.15, -0.1) is 0 Å². The summed E-state index contributed by atoms with van der Waals surface area (Å²) in [5.41, 5.74) is 0. The number of unbranched alkanes of at least 4 members (excludes halogenated alkanes) is 13. The zero-order chi connectivity index (χ0) is 32.2. The molecule has 0 heterocycles. The van der Waals surface area contributed by atoms with Crippen LogP contribution in [0.3, 0.4) is 0 Å². The summed E-state index contributed by atoms with van der Waals surface area (Å²) < 4.78 is 10.3. The smallest absolute Gasteiger partial charge is 0.305 e. The predicted molar refractivity (Wildman–Crippen MR) is 187 cm³/mol. The summed E-state index contributed by atoms with van der Waals surface area (Å²) in [4.78, 5) is 23.8. The van der Waals surface area contributed by atoms with E-state index in [2.05, 4.69) is 74.6 Å². The number of hydrogen-bond donors (Lipinski definition) is 1. The highest BCUT2D eigenvalue weighted by molar-refractivity contribution is 5.69. The molecule has 0 saturated heterocycles. The average molecular weight is 615 g/mol. The molecule has 0 radical (unpaired) electrons. The number of aliphatic hydroxyl groups excluding tert-OH is 1. The number of allylic oxidation sites excluding steroid dienone is 10. The third-order valence-electron chi connectivity index (χ3n) is 7.24. The summed E-state index contributed by atoms with van der Waals surface area (Å²) in [6, 6.07) is 0. The average Bonchev–Trinajstić information content (AvgIpc) is 3.02. The molecule has 0 aliphatic heterocycles. The summed E-state index contributed by atoms with van der Waals surface area (Å²) in [5.74, 6) is -0.616. The number of carbonyl (C=O) groups excluding carboxylic acids is 2. The van der Waals surface area contributed by atoms with Gasteiger partial charge in [-0.1, -0.05) is 126 Å². The van der Waals surface area contributed by atoms with Crippen molar-refractivity contribution in [3.05, 3.63) is 60.8 Å². The molecule has 0 amide bonds. The van der Waals surface area contributed by atoms with E-state index in [-0.39, 0.29) is 25.2 Å². The third kappa shape index (κ3) is 34.1. The van der Waals surface area contributed by atoms with Gasteiger partial charge >= 0.3 is 11.9 Å². The second kappa shape index (κ2) is 35.1. The van der Waals surface area contributed by atoms with E-state index in [0.717, 1.165) is 83.5 Å². The van der Waals surface area contributed by atoms with Crippen LogP contribution in [0.5, 0.6) is 0 Å². The Labute approximate surface area is 271 Å². The van der Waals surface area contributed by atoms with Crippen molar-refractivity contribution in [2.75, 3.05) is 13.2 Å². The Morgan fingerprint density at radius 2 is 0.864 bits per heavy atom. The Morgan fingerprint density at radius 3 is 1.34 bits per heavy atom. The van der Waals surface area contributed by atoms with Crippen molar-refractivity contribution < 1.29 is 24.2 Å². The first-order valence-corrected chi connectivity index (χ1v) is 17.8. The number of rotatable bonds is 31. The molecule has 0 spiro atoms. The van der Waals surface area contributed by atoms with Crippen LogP contribution in [-0.2, 0) is 19.1 Å². The highest BCUT2D eigenvalue weighted by Gasteiger charge is 2.12.